The minimum Gasteiger partial charge on any atom is -0.476 e. The van der Waals surface area contributed by atoms with Gasteiger partial charge in [-0.25, -0.2) is 9.97 Å². The van der Waals surface area contributed by atoms with Crippen LogP contribution >= 0.6 is 0 Å². The van der Waals surface area contributed by atoms with Gasteiger partial charge in [0.05, 0.1) is 36.0 Å². The van der Waals surface area contributed by atoms with E-state index in [1.807, 2.05) is 51.1 Å². The molecule has 2 aromatic heterocycles. The zero-order valence-corrected chi connectivity index (χ0v) is 20.1. The van der Waals surface area contributed by atoms with Gasteiger partial charge in [0.25, 0.3) is 0 Å². The molecule has 3 rings (SSSR count). The predicted molar refractivity (Wildman–Crippen MR) is 120 cm³/mol. The first-order chi connectivity index (χ1) is 14.1. The maximum atomic E-state index is 6.19. The number of aromatic nitrogens is 3. The summed E-state index contributed by atoms with van der Waals surface area (Å²) in [7, 11) is -0.688. The second kappa shape index (κ2) is 9.10. The number of hydrogen-bond acceptors (Lipinski definition) is 6. The van der Waals surface area contributed by atoms with E-state index in [1.54, 1.807) is 12.4 Å². The minimum absolute atomic E-state index is 0.230. The summed E-state index contributed by atoms with van der Waals surface area (Å²) in [4.78, 5) is 13.5. The summed E-state index contributed by atoms with van der Waals surface area (Å²) >= 11 is 0. The fraction of sp³-hybridized carbons (Fsp3) is 0.435. The van der Waals surface area contributed by atoms with Gasteiger partial charge in [0.1, 0.15) is 5.76 Å². The van der Waals surface area contributed by atoms with Gasteiger partial charge in [-0.1, -0.05) is 39.0 Å². The van der Waals surface area contributed by atoms with Gasteiger partial charge in [-0.3, -0.25) is 4.98 Å². The van der Waals surface area contributed by atoms with E-state index in [1.165, 1.54) is 0 Å². The first-order valence-corrected chi connectivity index (χ1v) is 11.5. The van der Waals surface area contributed by atoms with Crippen LogP contribution in [0.2, 0.25) is 5.04 Å². The van der Waals surface area contributed by atoms with Crippen molar-refractivity contribution in [2.24, 2.45) is 0 Å². The molecule has 0 fully saturated rings. The average Bonchev–Trinajstić information content (AvgIpc) is 3.08. The van der Waals surface area contributed by atoms with Crippen molar-refractivity contribution in [3.05, 3.63) is 59.9 Å². The molecule has 0 aliphatic heterocycles. The quantitative estimate of drug-likeness (QED) is 0.491. The van der Waals surface area contributed by atoms with E-state index in [9.17, 15) is 0 Å². The first kappa shape index (κ1) is 22.2. The molecule has 0 aliphatic rings. The Morgan fingerprint density at radius 2 is 1.73 bits per heavy atom. The van der Waals surface area contributed by atoms with Crippen molar-refractivity contribution < 1.29 is 13.6 Å². The van der Waals surface area contributed by atoms with Gasteiger partial charge in [0.2, 0.25) is 11.8 Å². The van der Waals surface area contributed by atoms with Crippen LogP contribution in [0, 0.1) is 6.92 Å². The third kappa shape index (κ3) is 6.00. The normalized spacial score (nSPS) is 12.6. The Kier molecular flexibility index (Phi) is 6.73. The number of benzene rings is 1. The van der Waals surface area contributed by atoms with Crippen molar-refractivity contribution in [2.75, 3.05) is 6.61 Å². The molecule has 0 atom stereocenters. The maximum Gasteiger partial charge on any atom is 0.232 e. The molecule has 0 saturated carbocycles. The molecule has 0 radical (unpaired) electrons. The van der Waals surface area contributed by atoms with Crippen LogP contribution in [0.3, 0.4) is 0 Å². The van der Waals surface area contributed by atoms with Crippen molar-refractivity contribution in [1.82, 2.24) is 15.0 Å². The lowest BCUT2D eigenvalue weighted by Crippen LogP contribution is -2.28. The second-order valence-electron chi connectivity index (χ2n) is 9.09. The smallest absolute Gasteiger partial charge is 0.232 e. The molecule has 1 aromatic carbocycles. The third-order valence-electron chi connectivity index (χ3n) is 4.61. The van der Waals surface area contributed by atoms with Crippen LogP contribution in [-0.4, -0.2) is 31.3 Å². The fourth-order valence-corrected chi connectivity index (χ4v) is 3.73. The summed E-state index contributed by atoms with van der Waals surface area (Å²) in [5.41, 5.74) is 2.22. The molecule has 0 saturated heterocycles. The molecule has 0 N–H and O–H groups in total. The summed E-state index contributed by atoms with van der Waals surface area (Å²) in [6, 6.07) is 9.88. The van der Waals surface area contributed by atoms with Crippen molar-refractivity contribution >= 4 is 9.76 Å². The number of hydrogen-bond donors (Lipinski definition) is 0. The zero-order chi connectivity index (χ0) is 21.8. The van der Waals surface area contributed by atoms with Crippen molar-refractivity contribution in [3.63, 3.8) is 0 Å². The highest BCUT2D eigenvalue weighted by atomic mass is 28.2. The Bertz CT molecular complexity index is 948. The Morgan fingerprint density at radius 3 is 2.37 bits per heavy atom. The van der Waals surface area contributed by atoms with E-state index in [4.69, 9.17) is 13.6 Å². The SMILES string of the molecule is Cc1oc(-c2ccccc2)nc1CCOc1cnc(C(C)(C)O[SiH2]C(C)(C)C)cn1. The summed E-state index contributed by atoms with van der Waals surface area (Å²) in [5, 5.41) is 0.230. The zero-order valence-electron chi connectivity index (χ0n) is 18.7. The van der Waals surface area contributed by atoms with Crippen LogP contribution in [0.4, 0.5) is 0 Å². The van der Waals surface area contributed by atoms with Gasteiger partial charge in [0.15, 0.2) is 9.76 Å². The highest BCUT2D eigenvalue weighted by molar-refractivity contribution is 6.31. The summed E-state index contributed by atoms with van der Waals surface area (Å²) in [5.74, 6) is 1.93. The molecule has 0 aliphatic carbocycles. The first-order valence-electron chi connectivity index (χ1n) is 10.2. The molecule has 30 heavy (non-hydrogen) atoms. The topological polar surface area (TPSA) is 70.3 Å². The average molecular weight is 426 g/mol. The van der Waals surface area contributed by atoms with Gasteiger partial charge in [-0.15, -0.1) is 0 Å². The van der Waals surface area contributed by atoms with Gasteiger partial charge >= 0.3 is 0 Å². The molecule has 160 valence electrons. The van der Waals surface area contributed by atoms with Crippen LogP contribution in [0.15, 0.2) is 47.1 Å². The molecule has 0 spiro atoms. The molecule has 7 heteroatoms. The van der Waals surface area contributed by atoms with E-state index in [2.05, 4.69) is 35.7 Å². The lowest BCUT2D eigenvalue weighted by atomic mass is 10.1. The Morgan fingerprint density at radius 1 is 1.00 bits per heavy atom. The number of ether oxygens (including phenoxy) is 1. The van der Waals surface area contributed by atoms with E-state index >= 15 is 0 Å². The Hall–Kier alpha value is -2.51. The molecule has 6 nitrogen and oxygen atoms in total. The number of nitrogens with zero attached hydrogens (tertiary/aromatic N) is 3. The summed E-state index contributed by atoms with van der Waals surface area (Å²) < 4.78 is 17.8. The van der Waals surface area contributed by atoms with Gasteiger partial charge in [-0.05, 0) is 37.9 Å². The predicted octanol–water partition coefficient (Wildman–Crippen LogP) is 4.62. The van der Waals surface area contributed by atoms with Gasteiger partial charge in [-0.2, -0.15) is 0 Å². The van der Waals surface area contributed by atoms with Crippen molar-refractivity contribution in [1.29, 1.82) is 0 Å². The van der Waals surface area contributed by atoms with Crippen molar-refractivity contribution in [2.45, 2.75) is 58.6 Å². The van der Waals surface area contributed by atoms with Crippen LogP contribution in [0.1, 0.15) is 51.8 Å². The maximum absolute atomic E-state index is 6.19. The number of rotatable bonds is 8. The van der Waals surface area contributed by atoms with E-state index < -0.39 is 15.4 Å². The van der Waals surface area contributed by atoms with Crippen LogP contribution in [-0.2, 0) is 16.4 Å². The van der Waals surface area contributed by atoms with E-state index in [0.717, 1.165) is 22.7 Å². The molecule has 2 heterocycles. The second-order valence-corrected chi connectivity index (χ2v) is 11.8. The van der Waals surface area contributed by atoms with Gasteiger partial charge in [0, 0.05) is 12.0 Å². The van der Waals surface area contributed by atoms with Crippen molar-refractivity contribution in [3.8, 4) is 17.3 Å². The highest BCUT2D eigenvalue weighted by Crippen LogP contribution is 2.28. The minimum atomic E-state index is -0.688. The fourth-order valence-electron chi connectivity index (χ4n) is 2.79. The lowest BCUT2D eigenvalue weighted by molar-refractivity contribution is 0.104. The molecular formula is C23H31N3O3Si. The van der Waals surface area contributed by atoms with E-state index in [0.29, 0.717) is 24.8 Å². The molecule has 0 bridgehead atoms. The largest absolute Gasteiger partial charge is 0.476 e. The van der Waals surface area contributed by atoms with Crippen LogP contribution in [0.25, 0.3) is 11.5 Å². The molecular weight excluding hydrogens is 394 g/mol. The van der Waals surface area contributed by atoms with E-state index in [-0.39, 0.29) is 5.04 Å². The highest BCUT2D eigenvalue weighted by Gasteiger charge is 2.26. The molecule has 3 aromatic rings. The summed E-state index contributed by atoms with van der Waals surface area (Å²) in [6.07, 6.45) is 4.03. The monoisotopic (exact) mass is 425 g/mol. The number of aryl methyl sites for hydroxylation is 1. The lowest BCUT2D eigenvalue weighted by Gasteiger charge is -2.29. The molecule has 0 amide bonds. The standard InChI is InChI=1S/C23H31N3O3Si/c1-16-18(26-21(28-16)17-10-8-7-9-11-17)12-13-27-20-15-24-19(14-25-20)23(5,6)29-30-22(2,3)4/h7-11,14-15H,12-13,30H2,1-6H3. The van der Waals surface area contributed by atoms with Gasteiger partial charge < -0.3 is 13.6 Å². The molecule has 0 unspecified atom stereocenters. The van der Waals surface area contributed by atoms with Crippen LogP contribution in [0.5, 0.6) is 5.88 Å². The Balaban J connectivity index is 1.55. The summed E-state index contributed by atoms with van der Waals surface area (Å²) in [6.45, 7) is 13.1. The third-order valence-corrected chi connectivity index (χ3v) is 6.35. The Labute approximate surface area is 181 Å². The number of oxazole rings is 1. The van der Waals surface area contributed by atoms with Crippen LogP contribution < -0.4 is 4.74 Å².